The molecule has 0 saturated carbocycles. The molecule has 23 rings (SSSR count). The van der Waals surface area contributed by atoms with Crippen molar-refractivity contribution >= 4 is 142 Å². The van der Waals surface area contributed by atoms with Crippen LogP contribution in [0.3, 0.4) is 0 Å². The molecule has 0 amide bonds. The minimum Gasteiger partial charge on any atom is -0.456 e. The lowest BCUT2D eigenvalue weighted by molar-refractivity contribution is 0.667. The molecule has 8 heterocycles. The molecular weight excluding hydrogens is 1300 g/mol. The number of para-hydroxylation sites is 4. The molecular formula is C96H54N6O4. The second kappa shape index (κ2) is 22.5. The topological polar surface area (TPSA) is 114 Å². The highest BCUT2D eigenvalue weighted by Gasteiger charge is 2.26. The van der Waals surface area contributed by atoms with Crippen molar-refractivity contribution in [2.24, 2.45) is 0 Å². The Hall–Kier alpha value is -14.5. The van der Waals surface area contributed by atoms with E-state index < -0.39 is 0 Å². The highest BCUT2D eigenvalue weighted by molar-refractivity contribution is 6.22. The Balaban J connectivity index is 0.596. The van der Waals surface area contributed by atoms with Crippen LogP contribution in [0.15, 0.2) is 345 Å². The third-order valence-corrected chi connectivity index (χ3v) is 21.6. The van der Waals surface area contributed by atoms with Gasteiger partial charge < -0.3 is 26.8 Å². The summed E-state index contributed by atoms with van der Waals surface area (Å²) in [7, 11) is 0. The zero-order valence-electron chi connectivity index (χ0n) is 56.5. The molecule has 10 heteroatoms. The smallest absolute Gasteiger partial charge is 0.180 e. The van der Waals surface area contributed by atoms with Gasteiger partial charge in [-0.1, -0.05) is 224 Å². The van der Waals surface area contributed by atoms with E-state index in [9.17, 15) is 0 Å². The Kier molecular flexibility index (Phi) is 12.4. The first-order valence-electron chi connectivity index (χ1n) is 35.6. The van der Waals surface area contributed by atoms with E-state index >= 15 is 0 Å². The van der Waals surface area contributed by atoms with Crippen molar-refractivity contribution < 1.29 is 17.7 Å². The van der Waals surface area contributed by atoms with Crippen molar-refractivity contribution in [1.29, 1.82) is 0 Å². The number of rotatable bonds is 9. The summed E-state index contributed by atoms with van der Waals surface area (Å²) in [5.41, 5.74) is 25.7. The molecule has 0 aliphatic rings. The Labute approximate surface area is 603 Å². The van der Waals surface area contributed by atoms with E-state index in [0.29, 0.717) is 28.5 Å². The van der Waals surface area contributed by atoms with Crippen molar-refractivity contribution in [3.05, 3.63) is 328 Å². The van der Waals surface area contributed by atoms with Crippen molar-refractivity contribution in [2.75, 3.05) is 0 Å². The molecule has 10 nitrogen and oxygen atoms in total. The molecule has 492 valence electrons. The lowest BCUT2D eigenvalue weighted by Gasteiger charge is -2.12. The Bertz CT molecular complexity index is 7620. The molecule has 15 aromatic carbocycles. The number of furan rings is 4. The summed E-state index contributed by atoms with van der Waals surface area (Å²) in [5, 5.41) is 12.9. The molecule has 0 saturated heterocycles. The molecule has 0 spiro atoms. The van der Waals surface area contributed by atoms with Crippen molar-refractivity contribution in [1.82, 2.24) is 29.1 Å². The Morgan fingerprint density at radius 3 is 1.18 bits per heavy atom. The van der Waals surface area contributed by atoms with E-state index in [0.717, 1.165) is 182 Å². The normalized spacial score (nSPS) is 12.2. The first-order valence-corrected chi connectivity index (χ1v) is 35.6. The summed E-state index contributed by atoms with van der Waals surface area (Å²) in [4.78, 5) is 21.4. The largest absolute Gasteiger partial charge is 0.456 e. The Morgan fingerprint density at radius 2 is 0.613 bits per heavy atom. The summed E-state index contributed by atoms with van der Waals surface area (Å²) < 4.78 is 31.6. The summed E-state index contributed by atoms with van der Waals surface area (Å²) in [6.45, 7) is 0. The van der Waals surface area contributed by atoms with Crippen LogP contribution in [0.1, 0.15) is 0 Å². The van der Waals surface area contributed by atoms with E-state index in [1.165, 1.54) is 21.5 Å². The molecule has 0 radical (unpaired) electrons. The van der Waals surface area contributed by atoms with Crippen LogP contribution in [0.5, 0.6) is 0 Å². The number of nitrogens with zero attached hydrogens (tertiary/aromatic N) is 6. The number of fused-ring (bicyclic) bond motifs is 20. The van der Waals surface area contributed by atoms with Crippen LogP contribution in [0, 0.1) is 0 Å². The van der Waals surface area contributed by atoms with Gasteiger partial charge in [0.15, 0.2) is 22.8 Å². The summed E-state index contributed by atoms with van der Waals surface area (Å²) in [5.74, 6) is 1.18. The zero-order chi connectivity index (χ0) is 69.2. The third kappa shape index (κ3) is 8.79. The summed E-state index contributed by atoms with van der Waals surface area (Å²) in [6, 6.07) is 115. The Morgan fingerprint density at radius 1 is 0.217 bits per heavy atom. The van der Waals surface area contributed by atoms with E-state index in [2.05, 4.69) is 288 Å². The number of benzene rings is 15. The monoisotopic (exact) mass is 1350 g/mol. The maximum Gasteiger partial charge on any atom is 0.180 e. The predicted octanol–water partition coefficient (Wildman–Crippen LogP) is 25.9. The third-order valence-electron chi connectivity index (χ3n) is 21.6. The predicted molar refractivity (Wildman–Crippen MR) is 431 cm³/mol. The molecule has 0 N–H and O–H groups in total. The van der Waals surface area contributed by atoms with Crippen LogP contribution in [-0.4, -0.2) is 29.1 Å². The maximum absolute atomic E-state index is 6.76. The van der Waals surface area contributed by atoms with E-state index in [1.54, 1.807) is 0 Å². The SMILES string of the molecule is c1ccc(-c2ccc(-c3nc(-c4ccc5oc6cccc(-n7c8ccccc8c8ccc(-c9ccc(-c%10ccc(-c%11nc(-c%12ccc%13oc%14cccc(-n%15c%16ccccc%16c%16ccc%17ccccc%17c%16%15)c%14c%13c%12)nc%12c%11oc%11ccccc%11%12)cc%10)cc9)cc87)c6c5c4)nc4c3oc3ccccc34)cc2)cc1. The summed E-state index contributed by atoms with van der Waals surface area (Å²) in [6.07, 6.45) is 0. The van der Waals surface area contributed by atoms with Gasteiger partial charge in [0.05, 0.1) is 44.2 Å². The lowest BCUT2D eigenvalue weighted by atomic mass is 9.98. The first kappa shape index (κ1) is 58.2. The molecule has 0 bridgehead atoms. The van der Waals surface area contributed by atoms with Gasteiger partial charge in [-0.05, 0) is 142 Å². The van der Waals surface area contributed by atoms with Gasteiger partial charge in [-0.15, -0.1) is 0 Å². The van der Waals surface area contributed by atoms with Crippen LogP contribution in [0.2, 0.25) is 0 Å². The molecule has 0 aliphatic carbocycles. The molecule has 0 fully saturated rings. The van der Waals surface area contributed by atoms with Crippen molar-refractivity contribution in [3.63, 3.8) is 0 Å². The maximum atomic E-state index is 6.76. The van der Waals surface area contributed by atoms with Crippen LogP contribution in [-0.2, 0) is 0 Å². The standard InChI is InChI=1S/C96H54N6O4/c1-2-16-55(17-3-1)56-36-40-61(41-37-56)88-93-90(71-22-8-12-28-80(71)105-93)99-95(97-88)64-46-50-82-73(52-64)86-77(26-14-30-84(86)103-82)101-75-24-10-6-20-67(75)69-48-45-63(54-79(69)101)59-34-32-57(33-35-59)58-38-42-62(43-39-58)89-94-91(72-23-9-13-29-81(72)106-94)100-96(98-89)65-47-51-83-74(53-65)87-78(27-15-31-85(87)104-83)102-76-25-11-7-21-68(76)70-49-44-60-18-4-5-19-66(60)92(70)102/h1-54H. The highest BCUT2D eigenvalue weighted by atomic mass is 16.3. The molecule has 23 aromatic rings. The van der Waals surface area contributed by atoms with Crippen molar-refractivity contribution in [2.45, 2.75) is 0 Å². The fourth-order valence-electron chi connectivity index (χ4n) is 16.6. The number of hydrogen-bond acceptors (Lipinski definition) is 8. The quantitative estimate of drug-likeness (QED) is 0.140. The second-order valence-corrected chi connectivity index (χ2v) is 27.5. The molecule has 0 aliphatic heterocycles. The van der Waals surface area contributed by atoms with Gasteiger partial charge in [-0.2, -0.15) is 0 Å². The molecule has 0 atom stereocenters. The van der Waals surface area contributed by atoms with Gasteiger partial charge in [-0.3, -0.25) is 0 Å². The minimum absolute atomic E-state index is 0.589. The molecule has 106 heavy (non-hydrogen) atoms. The van der Waals surface area contributed by atoms with E-state index in [1.807, 2.05) is 48.5 Å². The molecule has 8 aromatic heterocycles. The summed E-state index contributed by atoms with van der Waals surface area (Å²) >= 11 is 0. The average Bonchev–Trinajstić information content (AvgIpc) is 1.55. The van der Waals surface area contributed by atoms with E-state index in [-0.39, 0.29) is 0 Å². The van der Waals surface area contributed by atoms with Crippen LogP contribution < -0.4 is 0 Å². The second-order valence-electron chi connectivity index (χ2n) is 27.5. The first-order chi connectivity index (χ1) is 52.5. The lowest BCUT2D eigenvalue weighted by Crippen LogP contribution is -1.96. The minimum atomic E-state index is 0.589. The van der Waals surface area contributed by atoms with Gasteiger partial charge in [0.25, 0.3) is 0 Å². The number of hydrogen-bond donors (Lipinski definition) is 0. The number of aromatic nitrogens is 6. The van der Waals surface area contributed by atoms with Gasteiger partial charge >= 0.3 is 0 Å². The zero-order valence-corrected chi connectivity index (χ0v) is 56.5. The highest BCUT2D eigenvalue weighted by Crippen LogP contribution is 2.46. The van der Waals surface area contributed by atoms with Gasteiger partial charge in [0, 0.05) is 70.7 Å². The van der Waals surface area contributed by atoms with Gasteiger partial charge in [0.1, 0.15) is 55.9 Å². The van der Waals surface area contributed by atoms with Crippen molar-refractivity contribution in [3.8, 4) is 90.0 Å². The van der Waals surface area contributed by atoms with Gasteiger partial charge in [-0.25, -0.2) is 19.9 Å². The fourth-order valence-corrected chi connectivity index (χ4v) is 16.6. The van der Waals surface area contributed by atoms with Crippen LogP contribution in [0.4, 0.5) is 0 Å². The van der Waals surface area contributed by atoms with Crippen LogP contribution in [0.25, 0.3) is 232 Å². The fraction of sp³-hybridized carbons (Fsp3) is 0. The van der Waals surface area contributed by atoms with E-state index in [4.69, 9.17) is 37.6 Å². The van der Waals surface area contributed by atoms with Gasteiger partial charge in [0.2, 0.25) is 0 Å². The van der Waals surface area contributed by atoms with Crippen LogP contribution >= 0.6 is 0 Å². The average molecular weight is 1360 g/mol. The molecule has 0 unspecified atom stereocenters.